The van der Waals surface area contributed by atoms with E-state index >= 15 is 0 Å². The Morgan fingerprint density at radius 2 is 1.77 bits per heavy atom. The second-order valence-corrected chi connectivity index (χ2v) is 6.87. The largest absolute Gasteiger partial charge is 0.494 e. The first kappa shape index (κ1) is 20.5. The predicted molar refractivity (Wildman–Crippen MR) is 102 cm³/mol. The molecule has 1 fully saturated rings. The number of nitrogens with one attached hydrogen (secondary N) is 1. The molecule has 0 radical (unpaired) electrons. The van der Waals surface area contributed by atoms with Gasteiger partial charge in [-0.3, -0.25) is 9.69 Å². The number of amides is 1. The Hall–Kier alpha value is -1.79. The topological polar surface area (TPSA) is 60.0 Å². The Bertz CT molecular complexity index is 527. The van der Waals surface area contributed by atoms with Crippen molar-refractivity contribution in [3.8, 4) is 11.5 Å². The maximum Gasteiger partial charge on any atom is 0.257 e. The van der Waals surface area contributed by atoms with Gasteiger partial charge in [0, 0.05) is 25.7 Å². The Balaban J connectivity index is 1.73. The summed E-state index contributed by atoms with van der Waals surface area (Å²) in [5, 5.41) is 3.00. The molecule has 1 aromatic carbocycles. The second-order valence-electron chi connectivity index (χ2n) is 6.87. The zero-order chi connectivity index (χ0) is 18.8. The van der Waals surface area contributed by atoms with Crippen molar-refractivity contribution in [2.24, 2.45) is 5.92 Å². The third-order valence-corrected chi connectivity index (χ3v) is 4.46. The van der Waals surface area contributed by atoms with Crippen LogP contribution in [0.15, 0.2) is 24.3 Å². The van der Waals surface area contributed by atoms with Crippen molar-refractivity contribution < 1.29 is 19.0 Å². The lowest BCUT2D eigenvalue weighted by molar-refractivity contribution is -0.123. The van der Waals surface area contributed by atoms with Gasteiger partial charge in [0.2, 0.25) is 0 Å². The molecule has 0 aliphatic carbocycles. The molecule has 0 spiro atoms. The maximum absolute atomic E-state index is 12.1. The molecular weight excluding hydrogens is 332 g/mol. The number of hydrogen-bond acceptors (Lipinski definition) is 5. The van der Waals surface area contributed by atoms with E-state index in [2.05, 4.69) is 31.0 Å². The lowest BCUT2D eigenvalue weighted by Gasteiger charge is -2.36. The van der Waals surface area contributed by atoms with Crippen LogP contribution in [0.4, 0.5) is 0 Å². The molecule has 0 saturated carbocycles. The van der Waals surface area contributed by atoms with E-state index in [1.54, 1.807) is 0 Å². The van der Waals surface area contributed by atoms with Crippen LogP contribution < -0.4 is 14.8 Å². The van der Waals surface area contributed by atoms with Crippen molar-refractivity contribution in [1.29, 1.82) is 0 Å². The van der Waals surface area contributed by atoms with E-state index in [4.69, 9.17) is 14.2 Å². The molecule has 146 valence electrons. The minimum Gasteiger partial charge on any atom is -0.494 e. The van der Waals surface area contributed by atoms with Crippen LogP contribution in [0, 0.1) is 5.92 Å². The number of carbonyl (C=O) groups excluding carboxylic acids is 1. The van der Waals surface area contributed by atoms with Gasteiger partial charge in [0.25, 0.3) is 5.91 Å². The maximum atomic E-state index is 12.1. The fourth-order valence-electron chi connectivity index (χ4n) is 2.97. The van der Waals surface area contributed by atoms with Crippen LogP contribution in [0.25, 0.3) is 0 Å². The van der Waals surface area contributed by atoms with E-state index < -0.39 is 0 Å². The first-order valence-corrected chi connectivity index (χ1v) is 9.54. The molecule has 1 amide bonds. The summed E-state index contributed by atoms with van der Waals surface area (Å²) >= 11 is 0. The van der Waals surface area contributed by atoms with Crippen molar-refractivity contribution in [2.45, 2.75) is 33.2 Å². The lowest BCUT2D eigenvalue weighted by Crippen LogP contribution is -2.51. The van der Waals surface area contributed by atoms with Crippen molar-refractivity contribution in [1.82, 2.24) is 10.2 Å². The van der Waals surface area contributed by atoms with E-state index in [-0.39, 0.29) is 12.5 Å². The van der Waals surface area contributed by atoms with Gasteiger partial charge < -0.3 is 19.5 Å². The standard InChI is InChI=1S/C20H32N2O4/c1-4-11-25-17-5-7-18(8-6-17)26-15-20(23)21-14-19(16(2)3)22-9-12-24-13-10-22/h5-8,16,19H,4,9-15H2,1-3H3,(H,21,23). The van der Waals surface area contributed by atoms with Crippen LogP contribution in [0.2, 0.25) is 0 Å². The Morgan fingerprint density at radius 3 is 2.35 bits per heavy atom. The highest BCUT2D eigenvalue weighted by Crippen LogP contribution is 2.17. The van der Waals surface area contributed by atoms with Crippen molar-refractivity contribution in [3.63, 3.8) is 0 Å². The molecule has 1 aliphatic heterocycles. The molecule has 1 aromatic rings. The fraction of sp³-hybridized carbons (Fsp3) is 0.650. The third-order valence-electron chi connectivity index (χ3n) is 4.46. The van der Waals surface area contributed by atoms with E-state index in [0.29, 0.717) is 30.9 Å². The molecule has 0 aromatic heterocycles. The number of morpholine rings is 1. The van der Waals surface area contributed by atoms with Gasteiger partial charge in [-0.05, 0) is 36.6 Å². The van der Waals surface area contributed by atoms with Gasteiger partial charge in [-0.15, -0.1) is 0 Å². The smallest absolute Gasteiger partial charge is 0.257 e. The molecule has 26 heavy (non-hydrogen) atoms. The van der Waals surface area contributed by atoms with Crippen LogP contribution in [0.5, 0.6) is 11.5 Å². The quantitative estimate of drug-likeness (QED) is 0.690. The van der Waals surface area contributed by atoms with Crippen LogP contribution in [0.1, 0.15) is 27.2 Å². The average Bonchev–Trinajstić information content (AvgIpc) is 2.66. The summed E-state index contributed by atoms with van der Waals surface area (Å²) < 4.78 is 16.5. The number of nitrogens with zero attached hydrogens (tertiary/aromatic N) is 1. The normalized spacial score (nSPS) is 16.3. The number of ether oxygens (including phenoxy) is 3. The Labute approximate surface area is 156 Å². The van der Waals surface area contributed by atoms with Crippen LogP contribution >= 0.6 is 0 Å². The molecule has 6 heteroatoms. The number of rotatable bonds is 10. The first-order valence-electron chi connectivity index (χ1n) is 9.54. The molecular formula is C20H32N2O4. The molecule has 0 bridgehead atoms. The molecule has 1 heterocycles. The van der Waals surface area contributed by atoms with E-state index in [1.165, 1.54) is 0 Å². The van der Waals surface area contributed by atoms with Crippen LogP contribution in [-0.4, -0.2) is 62.9 Å². The number of carbonyl (C=O) groups is 1. The predicted octanol–water partition coefficient (Wildman–Crippen LogP) is 2.33. The second kappa shape index (κ2) is 11.0. The Kier molecular flexibility index (Phi) is 8.71. The molecule has 1 aliphatic rings. The van der Waals surface area contributed by atoms with E-state index in [0.717, 1.165) is 38.5 Å². The summed E-state index contributed by atoms with van der Waals surface area (Å²) in [4.78, 5) is 14.5. The van der Waals surface area contributed by atoms with E-state index in [1.807, 2.05) is 24.3 Å². The monoisotopic (exact) mass is 364 g/mol. The van der Waals surface area contributed by atoms with Crippen molar-refractivity contribution in [3.05, 3.63) is 24.3 Å². The average molecular weight is 364 g/mol. The minimum atomic E-state index is -0.102. The molecule has 1 unspecified atom stereocenters. The highest BCUT2D eigenvalue weighted by atomic mass is 16.5. The van der Waals surface area contributed by atoms with Crippen molar-refractivity contribution >= 4 is 5.91 Å². The minimum absolute atomic E-state index is 0.0170. The summed E-state index contributed by atoms with van der Waals surface area (Å²) in [7, 11) is 0. The Morgan fingerprint density at radius 1 is 1.15 bits per heavy atom. The zero-order valence-corrected chi connectivity index (χ0v) is 16.2. The summed E-state index contributed by atoms with van der Waals surface area (Å²) in [5.41, 5.74) is 0. The highest BCUT2D eigenvalue weighted by Gasteiger charge is 2.24. The molecule has 1 N–H and O–H groups in total. The SMILES string of the molecule is CCCOc1ccc(OCC(=O)NCC(C(C)C)N2CCOCC2)cc1. The zero-order valence-electron chi connectivity index (χ0n) is 16.2. The third kappa shape index (κ3) is 6.84. The summed E-state index contributed by atoms with van der Waals surface area (Å²) in [6.45, 7) is 11.1. The lowest BCUT2D eigenvalue weighted by atomic mass is 10.0. The van der Waals surface area contributed by atoms with E-state index in [9.17, 15) is 4.79 Å². The fourth-order valence-corrected chi connectivity index (χ4v) is 2.97. The molecule has 6 nitrogen and oxygen atoms in total. The van der Waals surface area contributed by atoms with Crippen LogP contribution in [-0.2, 0) is 9.53 Å². The van der Waals surface area contributed by atoms with Gasteiger partial charge >= 0.3 is 0 Å². The van der Waals surface area contributed by atoms with Crippen LogP contribution in [0.3, 0.4) is 0 Å². The first-order chi connectivity index (χ1) is 12.6. The number of benzene rings is 1. The van der Waals surface area contributed by atoms with Crippen molar-refractivity contribution in [2.75, 3.05) is 46.1 Å². The van der Waals surface area contributed by atoms with Gasteiger partial charge in [0.1, 0.15) is 11.5 Å². The molecule has 2 rings (SSSR count). The van der Waals surface area contributed by atoms with Gasteiger partial charge in [0.15, 0.2) is 6.61 Å². The van der Waals surface area contributed by atoms with Gasteiger partial charge in [0.05, 0.1) is 19.8 Å². The highest BCUT2D eigenvalue weighted by molar-refractivity contribution is 5.77. The molecule has 1 saturated heterocycles. The number of hydrogen-bond donors (Lipinski definition) is 1. The van der Waals surface area contributed by atoms with Gasteiger partial charge in [-0.2, -0.15) is 0 Å². The van der Waals surface area contributed by atoms with Gasteiger partial charge in [-0.25, -0.2) is 0 Å². The summed E-state index contributed by atoms with van der Waals surface area (Å²) in [6.07, 6.45) is 0.972. The summed E-state index contributed by atoms with van der Waals surface area (Å²) in [6, 6.07) is 7.68. The van der Waals surface area contributed by atoms with Gasteiger partial charge in [-0.1, -0.05) is 20.8 Å². The summed E-state index contributed by atoms with van der Waals surface area (Å²) in [5.74, 6) is 1.84. The molecule has 1 atom stereocenters.